The van der Waals surface area contributed by atoms with Crippen LogP contribution in [0.25, 0.3) is 0 Å². The van der Waals surface area contributed by atoms with Crippen molar-refractivity contribution in [2.45, 2.75) is 77.4 Å². The molecule has 1 atom stereocenters. The topological polar surface area (TPSA) is 88.2 Å². The number of nitrogens with one attached hydrogen (secondary N) is 1. The summed E-state index contributed by atoms with van der Waals surface area (Å²) in [5.41, 5.74) is 0.528. The van der Waals surface area contributed by atoms with Gasteiger partial charge in [0.15, 0.2) is 0 Å². The predicted molar refractivity (Wildman–Crippen MR) is 138 cm³/mol. The number of fused-ring (bicyclic) bond motifs is 1. The first-order valence-electron chi connectivity index (χ1n) is 13.8. The number of benzene rings is 2. The van der Waals surface area contributed by atoms with Crippen molar-refractivity contribution in [1.29, 1.82) is 0 Å². The van der Waals surface area contributed by atoms with Crippen molar-refractivity contribution in [3.8, 4) is 5.75 Å². The number of morpholine rings is 1. The molecule has 2 aromatic carbocycles. The van der Waals surface area contributed by atoms with E-state index in [1.165, 1.54) is 18.2 Å². The van der Waals surface area contributed by atoms with Gasteiger partial charge >= 0.3 is 0 Å². The summed E-state index contributed by atoms with van der Waals surface area (Å²) in [6.07, 6.45) is 0.0312. The average molecular weight is 526 g/mol. The molecule has 5 rings (SSSR count). The van der Waals surface area contributed by atoms with Crippen LogP contribution in [0, 0.1) is 5.82 Å². The molecule has 8 nitrogen and oxygen atoms in total. The molecule has 202 valence electrons. The van der Waals surface area contributed by atoms with Gasteiger partial charge in [-0.3, -0.25) is 24.6 Å². The first-order valence-corrected chi connectivity index (χ1v) is 12.8. The quantitative estimate of drug-likeness (QED) is 0.581. The Morgan fingerprint density at radius 1 is 1.13 bits per heavy atom. The van der Waals surface area contributed by atoms with Crippen molar-refractivity contribution in [3.63, 3.8) is 0 Å². The lowest BCUT2D eigenvalue weighted by atomic mass is 9.98. The number of carbonyl (C=O) groups is 3. The largest absolute Gasteiger partial charge is 0.488 e. The van der Waals surface area contributed by atoms with E-state index in [-0.39, 0.29) is 53.1 Å². The first kappa shape index (κ1) is 23.8. The summed E-state index contributed by atoms with van der Waals surface area (Å²) in [5, 5.41) is 2.18. The standard InChI is InChI=1S/C29H34FN3O5/c1-28(2)16-32(17-29(3,4)38-28)13-18-8-9-19(22(30)12-18)15-37-24-7-5-6-20-21(24)14-33(27(20)36)23-10-11-25(34)31-26(23)35/h5-9,12,23H,10-11,13-17H2,1-4H3,(H,31,34,35)/i14D2. The van der Waals surface area contributed by atoms with Gasteiger partial charge in [0.05, 0.1) is 20.4 Å². The molecule has 2 aromatic rings. The van der Waals surface area contributed by atoms with E-state index in [2.05, 4.69) is 10.2 Å². The summed E-state index contributed by atoms with van der Waals surface area (Å²) in [5.74, 6) is -2.19. The number of amides is 3. The van der Waals surface area contributed by atoms with E-state index < -0.39 is 36.1 Å². The summed E-state index contributed by atoms with van der Waals surface area (Å²) < 4.78 is 44.7. The number of nitrogens with zero attached hydrogens (tertiary/aromatic N) is 2. The Balaban J connectivity index is 1.31. The van der Waals surface area contributed by atoms with Crippen LogP contribution in [0.5, 0.6) is 5.75 Å². The zero-order chi connectivity index (χ0) is 29.0. The molecule has 9 heteroatoms. The van der Waals surface area contributed by atoms with Gasteiger partial charge in [0, 0.05) is 42.7 Å². The van der Waals surface area contributed by atoms with Crippen LogP contribution in [0.1, 0.15) is 70.3 Å². The van der Waals surface area contributed by atoms with Gasteiger partial charge in [0.1, 0.15) is 24.2 Å². The van der Waals surface area contributed by atoms with E-state index in [4.69, 9.17) is 12.2 Å². The summed E-state index contributed by atoms with van der Waals surface area (Å²) in [4.78, 5) is 40.3. The Morgan fingerprint density at radius 2 is 1.87 bits per heavy atom. The molecule has 3 amide bonds. The Bertz CT molecular complexity index is 1360. The van der Waals surface area contributed by atoms with Crippen LogP contribution < -0.4 is 10.1 Å². The summed E-state index contributed by atoms with van der Waals surface area (Å²) in [6.45, 7) is 7.64. The highest BCUT2D eigenvalue weighted by Crippen LogP contribution is 2.34. The minimum Gasteiger partial charge on any atom is -0.488 e. The van der Waals surface area contributed by atoms with Crippen molar-refractivity contribution < 1.29 is 31.0 Å². The average Bonchev–Trinajstić information content (AvgIpc) is 3.02. The molecular formula is C29H34FN3O5. The van der Waals surface area contributed by atoms with E-state index in [0.717, 1.165) is 23.6 Å². The summed E-state index contributed by atoms with van der Waals surface area (Å²) >= 11 is 0. The molecule has 0 saturated carbocycles. The molecule has 3 aliphatic heterocycles. The zero-order valence-electron chi connectivity index (χ0n) is 24.1. The van der Waals surface area contributed by atoms with Crippen LogP contribution in [0.15, 0.2) is 36.4 Å². The highest BCUT2D eigenvalue weighted by Gasteiger charge is 2.40. The molecule has 38 heavy (non-hydrogen) atoms. The molecule has 0 aliphatic carbocycles. The highest BCUT2D eigenvalue weighted by molar-refractivity contribution is 6.05. The molecule has 3 aliphatic rings. The van der Waals surface area contributed by atoms with E-state index in [1.807, 2.05) is 33.8 Å². The second-order valence-electron chi connectivity index (χ2n) is 11.4. The third-order valence-electron chi connectivity index (χ3n) is 6.90. The lowest BCUT2D eigenvalue weighted by molar-refractivity contribution is -0.182. The number of piperidine rings is 1. The maximum Gasteiger partial charge on any atom is 0.255 e. The van der Waals surface area contributed by atoms with Crippen LogP contribution in [0.2, 0.25) is 0 Å². The van der Waals surface area contributed by atoms with Crippen LogP contribution >= 0.6 is 0 Å². The predicted octanol–water partition coefficient (Wildman–Crippen LogP) is 3.56. The van der Waals surface area contributed by atoms with Crippen molar-refractivity contribution >= 4 is 17.7 Å². The van der Waals surface area contributed by atoms with Crippen molar-refractivity contribution in [2.75, 3.05) is 13.1 Å². The third-order valence-corrected chi connectivity index (χ3v) is 6.90. The van der Waals surface area contributed by atoms with Crippen molar-refractivity contribution in [2.24, 2.45) is 0 Å². The number of carbonyl (C=O) groups excluding carboxylic acids is 3. The van der Waals surface area contributed by atoms with Crippen LogP contribution in [0.3, 0.4) is 0 Å². The number of hydrogen-bond acceptors (Lipinski definition) is 6. The molecule has 0 bridgehead atoms. The molecular weight excluding hydrogens is 489 g/mol. The monoisotopic (exact) mass is 525 g/mol. The fourth-order valence-corrected chi connectivity index (χ4v) is 5.67. The normalized spacial score (nSPS) is 24.9. The Morgan fingerprint density at radius 3 is 2.55 bits per heavy atom. The maximum atomic E-state index is 15.1. The van der Waals surface area contributed by atoms with E-state index in [9.17, 15) is 14.4 Å². The van der Waals surface area contributed by atoms with Gasteiger partial charge < -0.3 is 14.4 Å². The van der Waals surface area contributed by atoms with Gasteiger partial charge in [0.25, 0.3) is 5.91 Å². The second-order valence-corrected chi connectivity index (χ2v) is 11.4. The van der Waals surface area contributed by atoms with Crippen LogP contribution in [0.4, 0.5) is 4.39 Å². The number of imide groups is 1. The summed E-state index contributed by atoms with van der Waals surface area (Å²) in [7, 11) is 0. The van der Waals surface area contributed by atoms with E-state index in [0.29, 0.717) is 6.54 Å². The van der Waals surface area contributed by atoms with Gasteiger partial charge in [-0.05, 0) is 57.9 Å². The fraction of sp³-hybridized carbons (Fsp3) is 0.483. The van der Waals surface area contributed by atoms with Crippen molar-refractivity contribution in [1.82, 2.24) is 15.1 Å². The molecule has 2 fully saturated rings. The maximum absolute atomic E-state index is 15.1. The molecule has 0 spiro atoms. The highest BCUT2D eigenvalue weighted by atomic mass is 19.1. The molecule has 0 aromatic heterocycles. The van der Waals surface area contributed by atoms with Gasteiger partial charge in [0.2, 0.25) is 11.8 Å². The minimum atomic E-state index is -2.37. The Labute approximate surface area is 224 Å². The molecule has 2 saturated heterocycles. The number of rotatable bonds is 6. The Hall–Kier alpha value is -3.30. The third kappa shape index (κ3) is 5.44. The van der Waals surface area contributed by atoms with Gasteiger partial charge in [-0.1, -0.05) is 18.2 Å². The second kappa shape index (κ2) is 9.78. The van der Waals surface area contributed by atoms with E-state index >= 15 is 4.39 Å². The molecule has 0 radical (unpaired) electrons. The lowest BCUT2D eigenvalue weighted by Crippen LogP contribution is -2.56. The number of ether oxygens (including phenoxy) is 2. The number of hydrogen-bond donors (Lipinski definition) is 1. The van der Waals surface area contributed by atoms with Gasteiger partial charge in [-0.15, -0.1) is 0 Å². The van der Waals surface area contributed by atoms with Gasteiger partial charge in [-0.2, -0.15) is 0 Å². The molecule has 1 N–H and O–H groups in total. The van der Waals surface area contributed by atoms with E-state index in [1.54, 1.807) is 12.1 Å². The number of halogens is 1. The minimum absolute atomic E-state index is 0.00625. The summed E-state index contributed by atoms with van der Waals surface area (Å²) in [6, 6.07) is 8.40. The lowest BCUT2D eigenvalue weighted by Gasteiger charge is -2.47. The SMILES string of the molecule is [2H]C1([2H])c2c(OCc3ccc(CN4CC(C)(C)OC(C)(C)C4)cc3F)cccc2C(=O)N1C1CCC(=O)NC1=O. The van der Waals surface area contributed by atoms with Crippen LogP contribution in [-0.4, -0.2) is 57.9 Å². The van der Waals surface area contributed by atoms with Crippen LogP contribution in [-0.2, 0) is 34.0 Å². The first-order chi connectivity index (χ1) is 18.7. The zero-order valence-corrected chi connectivity index (χ0v) is 22.1. The van der Waals surface area contributed by atoms with Gasteiger partial charge in [-0.25, -0.2) is 4.39 Å². The smallest absolute Gasteiger partial charge is 0.255 e. The van der Waals surface area contributed by atoms with Crippen molar-refractivity contribution in [3.05, 3.63) is 64.5 Å². The Kier molecular flexibility index (Phi) is 6.12. The molecule has 3 heterocycles. The fourth-order valence-electron chi connectivity index (χ4n) is 5.67. The molecule has 1 unspecified atom stereocenters.